The normalized spacial score (nSPS) is 10.3. The highest BCUT2D eigenvalue weighted by atomic mass is 13.9. The van der Waals surface area contributed by atoms with Crippen molar-refractivity contribution in [1.29, 1.82) is 0 Å². The predicted molar refractivity (Wildman–Crippen MR) is 54.6 cm³/mol. The third-order valence-corrected chi connectivity index (χ3v) is 2.10. The monoisotopic (exact) mass is 153 g/mol. The third-order valence-electron chi connectivity index (χ3n) is 2.10. The molecule has 0 fully saturated rings. The van der Waals surface area contributed by atoms with Gasteiger partial charge in [0.15, 0.2) is 0 Å². The van der Waals surface area contributed by atoms with E-state index in [0.717, 1.165) is 6.32 Å². The van der Waals surface area contributed by atoms with Gasteiger partial charge in [0.1, 0.15) is 0 Å². The van der Waals surface area contributed by atoms with Crippen LogP contribution in [-0.4, -0.2) is 7.85 Å². The van der Waals surface area contributed by atoms with Crippen LogP contribution in [0.2, 0.25) is 6.32 Å². The van der Waals surface area contributed by atoms with Crippen molar-refractivity contribution in [2.75, 3.05) is 0 Å². The first kappa shape index (κ1) is 11.1. The molecule has 0 aliphatic heterocycles. The fraction of sp³-hybridized carbons (Fsp3) is 1.00. The van der Waals surface area contributed by atoms with E-state index in [-0.39, 0.29) is 0 Å². The lowest BCUT2D eigenvalue weighted by Crippen LogP contribution is -1.79. The van der Waals surface area contributed by atoms with Gasteiger partial charge in [0.2, 0.25) is 0 Å². The molecule has 1 radical (unpaired) electrons. The van der Waals surface area contributed by atoms with E-state index in [4.69, 9.17) is 0 Å². The Balaban J connectivity index is 2.69. The first-order chi connectivity index (χ1) is 5.41. The fourth-order valence-electron chi connectivity index (χ4n) is 1.31. The summed E-state index contributed by atoms with van der Waals surface area (Å²) >= 11 is 0. The molecule has 0 amide bonds. The van der Waals surface area contributed by atoms with Crippen molar-refractivity contribution in [3.8, 4) is 0 Å². The molecule has 0 rings (SSSR count). The highest BCUT2D eigenvalue weighted by Crippen LogP contribution is 2.08. The van der Waals surface area contributed by atoms with Crippen LogP contribution in [0.1, 0.15) is 58.3 Å². The summed E-state index contributed by atoms with van der Waals surface area (Å²) in [5, 5.41) is 0. The average molecular weight is 153 g/mol. The molecule has 0 spiro atoms. The van der Waals surface area contributed by atoms with Crippen LogP contribution in [0.4, 0.5) is 0 Å². The number of hydrogen-bond acceptors (Lipinski definition) is 0. The van der Waals surface area contributed by atoms with E-state index in [1.54, 1.807) is 0 Å². The molecule has 0 saturated heterocycles. The summed E-state index contributed by atoms with van der Waals surface area (Å²) < 4.78 is 0. The van der Waals surface area contributed by atoms with Crippen LogP contribution in [-0.2, 0) is 0 Å². The quantitative estimate of drug-likeness (QED) is 0.370. The highest BCUT2D eigenvalue weighted by molar-refractivity contribution is 6.08. The van der Waals surface area contributed by atoms with Crippen LogP contribution >= 0.6 is 0 Å². The van der Waals surface area contributed by atoms with Gasteiger partial charge in [-0.15, -0.1) is 0 Å². The largest absolute Gasteiger partial charge is 0.0865 e. The van der Waals surface area contributed by atoms with Crippen LogP contribution in [0.15, 0.2) is 0 Å². The zero-order valence-corrected chi connectivity index (χ0v) is 8.07. The van der Waals surface area contributed by atoms with E-state index >= 15 is 0 Å². The molecule has 0 saturated carbocycles. The molecule has 0 aliphatic carbocycles. The molecule has 0 unspecified atom stereocenters. The van der Waals surface area contributed by atoms with Crippen molar-refractivity contribution >= 4 is 7.85 Å². The van der Waals surface area contributed by atoms with Crippen LogP contribution in [0.5, 0.6) is 0 Å². The van der Waals surface area contributed by atoms with Crippen molar-refractivity contribution in [2.24, 2.45) is 0 Å². The van der Waals surface area contributed by atoms with Gasteiger partial charge in [0.05, 0.1) is 7.85 Å². The minimum absolute atomic E-state index is 1.12. The van der Waals surface area contributed by atoms with Gasteiger partial charge >= 0.3 is 0 Å². The Bertz CT molecular complexity index is 53.9. The summed E-state index contributed by atoms with van der Waals surface area (Å²) in [5.41, 5.74) is 0. The molecule has 1 heteroatoms. The number of unbranched alkanes of at least 4 members (excludes halogenated alkanes) is 7. The molecule has 11 heavy (non-hydrogen) atoms. The summed E-state index contributed by atoms with van der Waals surface area (Å²) in [6.45, 7) is 2.27. The lowest BCUT2D eigenvalue weighted by Gasteiger charge is -1.99. The minimum atomic E-state index is 1.12. The van der Waals surface area contributed by atoms with E-state index in [0.29, 0.717) is 0 Å². The summed E-state index contributed by atoms with van der Waals surface area (Å²) in [6, 6.07) is 0. The van der Waals surface area contributed by atoms with E-state index < -0.39 is 0 Å². The molecule has 0 aromatic rings. The number of rotatable bonds is 8. The average Bonchev–Trinajstić information content (AvgIpc) is 2.03. The van der Waals surface area contributed by atoms with E-state index in [1.165, 1.54) is 51.4 Å². The maximum atomic E-state index is 3.83. The molecule has 65 valence electrons. The Labute approximate surface area is 73.2 Å². The Morgan fingerprint density at radius 3 is 1.64 bits per heavy atom. The van der Waals surface area contributed by atoms with Crippen LogP contribution in [0.3, 0.4) is 0 Å². The standard InChI is InChI=1S/C10H22B/c1-2-3-4-5-6-7-8-9-10-11/h11H,2-10H2,1H3. The van der Waals surface area contributed by atoms with Crippen molar-refractivity contribution in [3.05, 3.63) is 0 Å². The summed E-state index contributed by atoms with van der Waals surface area (Å²) in [4.78, 5) is 0. The molecular formula is C10H22B. The minimum Gasteiger partial charge on any atom is -0.0846 e. The SMILES string of the molecule is [BH]CCCCCCCCCC. The lowest BCUT2D eigenvalue weighted by molar-refractivity contribution is 0.585. The zero-order chi connectivity index (χ0) is 8.36. The first-order valence-electron chi connectivity index (χ1n) is 5.21. The van der Waals surface area contributed by atoms with Crippen LogP contribution in [0.25, 0.3) is 0 Å². The van der Waals surface area contributed by atoms with Gasteiger partial charge in [0.25, 0.3) is 0 Å². The van der Waals surface area contributed by atoms with Gasteiger partial charge in [-0.25, -0.2) is 0 Å². The van der Waals surface area contributed by atoms with Gasteiger partial charge in [-0.3, -0.25) is 0 Å². The van der Waals surface area contributed by atoms with Crippen molar-refractivity contribution in [1.82, 2.24) is 0 Å². The first-order valence-corrected chi connectivity index (χ1v) is 5.21. The summed E-state index contributed by atoms with van der Waals surface area (Å²) in [5.74, 6) is 0. The second kappa shape index (κ2) is 10.1. The topological polar surface area (TPSA) is 0 Å². The Morgan fingerprint density at radius 2 is 1.18 bits per heavy atom. The summed E-state index contributed by atoms with van der Waals surface area (Å²) in [7, 11) is 3.83. The molecule has 0 aromatic carbocycles. The predicted octanol–water partition coefficient (Wildman–Crippen LogP) is 3.45. The van der Waals surface area contributed by atoms with Crippen molar-refractivity contribution in [2.45, 2.75) is 64.6 Å². The van der Waals surface area contributed by atoms with Gasteiger partial charge < -0.3 is 0 Å². The third kappa shape index (κ3) is 10.1. The molecule has 0 heterocycles. The Hall–Kier alpha value is 0.0649. The smallest absolute Gasteiger partial charge is 0.0846 e. The maximum Gasteiger partial charge on any atom is 0.0865 e. The van der Waals surface area contributed by atoms with Gasteiger partial charge in [0, 0.05) is 0 Å². The fourth-order valence-corrected chi connectivity index (χ4v) is 1.31. The van der Waals surface area contributed by atoms with E-state index in [9.17, 15) is 0 Å². The second-order valence-electron chi connectivity index (χ2n) is 3.33. The Morgan fingerprint density at radius 1 is 0.727 bits per heavy atom. The molecule has 0 atom stereocenters. The molecule has 0 N–H and O–H groups in total. The van der Waals surface area contributed by atoms with Gasteiger partial charge in [-0.2, -0.15) is 0 Å². The lowest BCUT2D eigenvalue weighted by atomic mass is 9.98. The van der Waals surface area contributed by atoms with Crippen molar-refractivity contribution < 1.29 is 0 Å². The van der Waals surface area contributed by atoms with Crippen molar-refractivity contribution in [3.63, 3.8) is 0 Å². The molecular weight excluding hydrogens is 131 g/mol. The zero-order valence-electron chi connectivity index (χ0n) is 8.07. The second-order valence-corrected chi connectivity index (χ2v) is 3.33. The molecule has 0 aromatic heterocycles. The number of hydrogen-bond donors (Lipinski definition) is 0. The van der Waals surface area contributed by atoms with Gasteiger partial charge in [-0.05, 0) is 0 Å². The van der Waals surface area contributed by atoms with Gasteiger partial charge in [-0.1, -0.05) is 64.6 Å². The van der Waals surface area contributed by atoms with Crippen LogP contribution in [0, 0.1) is 0 Å². The molecule has 0 nitrogen and oxygen atoms in total. The van der Waals surface area contributed by atoms with E-state index in [2.05, 4.69) is 14.8 Å². The van der Waals surface area contributed by atoms with E-state index in [1.807, 2.05) is 0 Å². The summed E-state index contributed by atoms with van der Waals surface area (Å²) in [6.07, 6.45) is 12.4. The molecule has 0 aliphatic rings. The van der Waals surface area contributed by atoms with Crippen LogP contribution < -0.4 is 0 Å². The highest BCUT2D eigenvalue weighted by Gasteiger charge is 1.88. The molecule has 0 bridgehead atoms. The maximum absolute atomic E-state index is 3.83. The Kier molecular flexibility index (Phi) is 10.1.